The van der Waals surface area contributed by atoms with Crippen molar-refractivity contribution < 1.29 is 14.4 Å². The van der Waals surface area contributed by atoms with Crippen molar-refractivity contribution in [2.24, 2.45) is 5.10 Å². The number of nitro benzene ring substituents is 1. The van der Waals surface area contributed by atoms with Crippen molar-refractivity contribution in [1.82, 2.24) is 9.55 Å². The fraction of sp³-hybridized carbons (Fsp3) is 0.167. The van der Waals surface area contributed by atoms with E-state index in [9.17, 15) is 14.9 Å². The monoisotopic (exact) mass is 381 g/mol. The minimum absolute atomic E-state index is 0.00905. The molecule has 0 saturated heterocycles. The van der Waals surface area contributed by atoms with Gasteiger partial charge >= 0.3 is 0 Å². The summed E-state index contributed by atoms with van der Waals surface area (Å²) < 4.78 is 11.9. The van der Waals surface area contributed by atoms with Crippen molar-refractivity contribution in [2.45, 2.75) is 13.5 Å². The van der Waals surface area contributed by atoms with Crippen molar-refractivity contribution in [3.8, 4) is 11.5 Å². The summed E-state index contributed by atoms with van der Waals surface area (Å²) in [6.45, 7) is 2.21. The molecule has 0 radical (unpaired) electrons. The molecule has 0 saturated carbocycles. The van der Waals surface area contributed by atoms with E-state index in [1.54, 1.807) is 24.3 Å². The highest BCUT2D eigenvalue weighted by molar-refractivity contribution is 5.87. The van der Waals surface area contributed by atoms with Gasteiger partial charge < -0.3 is 9.47 Å². The molecule has 4 rings (SSSR count). The molecule has 10 heteroatoms. The minimum atomic E-state index is -0.528. The van der Waals surface area contributed by atoms with Crippen LogP contribution in [0.1, 0.15) is 12.5 Å². The van der Waals surface area contributed by atoms with Crippen molar-refractivity contribution in [2.75, 3.05) is 12.2 Å². The number of fused-ring (bicyclic) bond motifs is 2. The molecule has 1 aliphatic rings. The highest BCUT2D eigenvalue weighted by Crippen LogP contribution is 2.37. The first-order valence-electron chi connectivity index (χ1n) is 8.45. The maximum absolute atomic E-state index is 12.6. The van der Waals surface area contributed by atoms with Crippen LogP contribution in [0.25, 0.3) is 10.9 Å². The molecule has 0 spiro atoms. The Hall–Kier alpha value is -3.95. The topological polar surface area (TPSA) is 121 Å². The SMILES string of the molecule is CCn1c(N/N=C\c2cc3c(cc2[N+](=O)[O-])OCO3)nc2ccccc2c1=O. The fourth-order valence-corrected chi connectivity index (χ4v) is 2.91. The van der Waals surface area contributed by atoms with E-state index in [1.165, 1.54) is 22.9 Å². The zero-order valence-corrected chi connectivity index (χ0v) is 14.8. The van der Waals surface area contributed by atoms with Crippen molar-refractivity contribution >= 4 is 28.8 Å². The third kappa shape index (κ3) is 3.00. The molecule has 10 nitrogen and oxygen atoms in total. The lowest BCUT2D eigenvalue weighted by Gasteiger charge is -2.10. The quantitative estimate of drug-likeness (QED) is 0.409. The Morgan fingerprint density at radius 1 is 1.32 bits per heavy atom. The number of rotatable bonds is 5. The van der Waals surface area contributed by atoms with E-state index in [4.69, 9.17) is 9.47 Å². The molecule has 142 valence electrons. The van der Waals surface area contributed by atoms with Crippen molar-refractivity contribution in [3.05, 3.63) is 62.4 Å². The van der Waals surface area contributed by atoms with Gasteiger partial charge in [0.15, 0.2) is 11.5 Å². The molecule has 0 atom stereocenters. The number of nitrogens with one attached hydrogen (secondary N) is 1. The molecule has 0 fully saturated rings. The molecule has 2 aromatic carbocycles. The molecular formula is C18H15N5O5. The molecular weight excluding hydrogens is 366 g/mol. The van der Waals surface area contributed by atoms with Crippen LogP contribution in [0.15, 0.2) is 46.3 Å². The molecule has 1 aliphatic heterocycles. The summed E-state index contributed by atoms with van der Waals surface area (Å²) in [7, 11) is 0. The number of hydrogen-bond donors (Lipinski definition) is 1. The molecule has 0 aliphatic carbocycles. The van der Waals surface area contributed by atoms with E-state index >= 15 is 0 Å². The summed E-state index contributed by atoms with van der Waals surface area (Å²) in [6.07, 6.45) is 1.28. The second-order valence-electron chi connectivity index (χ2n) is 5.89. The summed E-state index contributed by atoms with van der Waals surface area (Å²) in [4.78, 5) is 27.8. The Morgan fingerprint density at radius 2 is 2.07 bits per heavy atom. The average molecular weight is 381 g/mol. The minimum Gasteiger partial charge on any atom is -0.454 e. The Morgan fingerprint density at radius 3 is 2.82 bits per heavy atom. The second-order valence-corrected chi connectivity index (χ2v) is 5.89. The van der Waals surface area contributed by atoms with Gasteiger partial charge in [-0.1, -0.05) is 12.1 Å². The van der Waals surface area contributed by atoms with E-state index in [0.29, 0.717) is 28.9 Å². The van der Waals surface area contributed by atoms with Gasteiger partial charge in [-0.05, 0) is 25.1 Å². The van der Waals surface area contributed by atoms with E-state index in [0.717, 1.165) is 0 Å². The number of benzene rings is 2. The third-order valence-corrected chi connectivity index (χ3v) is 4.26. The zero-order chi connectivity index (χ0) is 19.7. The number of aromatic nitrogens is 2. The first-order valence-corrected chi connectivity index (χ1v) is 8.45. The van der Waals surface area contributed by atoms with Crippen LogP contribution in [0.5, 0.6) is 11.5 Å². The van der Waals surface area contributed by atoms with Gasteiger partial charge in [0.05, 0.1) is 33.7 Å². The summed E-state index contributed by atoms with van der Waals surface area (Å²) in [6, 6.07) is 9.77. The summed E-state index contributed by atoms with van der Waals surface area (Å²) >= 11 is 0. The molecule has 1 aromatic heterocycles. The number of para-hydroxylation sites is 1. The van der Waals surface area contributed by atoms with Crippen LogP contribution in [0.3, 0.4) is 0 Å². The summed E-state index contributed by atoms with van der Waals surface area (Å²) in [5, 5.41) is 15.9. The smallest absolute Gasteiger partial charge is 0.282 e. The van der Waals surface area contributed by atoms with Crippen LogP contribution in [0.2, 0.25) is 0 Å². The van der Waals surface area contributed by atoms with Crippen molar-refractivity contribution in [3.63, 3.8) is 0 Å². The number of hydrazone groups is 1. The van der Waals surface area contributed by atoms with Crippen LogP contribution in [0, 0.1) is 10.1 Å². The van der Waals surface area contributed by atoms with Gasteiger partial charge in [-0.2, -0.15) is 5.10 Å². The maximum Gasteiger partial charge on any atom is 0.282 e. The molecule has 0 amide bonds. The van der Waals surface area contributed by atoms with Crippen LogP contribution < -0.4 is 20.5 Å². The number of nitrogens with zero attached hydrogens (tertiary/aromatic N) is 4. The number of anilines is 1. The highest BCUT2D eigenvalue weighted by atomic mass is 16.7. The standard InChI is InChI=1S/C18H15N5O5/c1-2-22-17(24)12-5-3-4-6-13(12)20-18(22)21-19-9-11-7-15-16(28-10-27-15)8-14(11)23(25)26/h3-9H,2,10H2,1H3,(H,20,21)/b19-9-. The van der Waals surface area contributed by atoms with E-state index in [2.05, 4.69) is 15.5 Å². The number of hydrogen-bond acceptors (Lipinski definition) is 8. The first-order chi connectivity index (χ1) is 13.6. The van der Waals surface area contributed by atoms with Gasteiger partial charge in [0, 0.05) is 6.54 Å². The van der Waals surface area contributed by atoms with Crippen LogP contribution in [0.4, 0.5) is 11.6 Å². The van der Waals surface area contributed by atoms with Crippen LogP contribution in [-0.4, -0.2) is 27.5 Å². The van der Waals surface area contributed by atoms with Crippen molar-refractivity contribution in [1.29, 1.82) is 0 Å². The molecule has 28 heavy (non-hydrogen) atoms. The predicted octanol–water partition coefficient (Wildman–Crippen LogP) is 2.50. The first kappa shape index (κ1) is 17.5. The van der Waals surface area contributed by atoms with Crippen LogP contribution in [-0.2, 0) is 6.54 Å². The zero-order valence-electron chi connectivity index (χ0n) is 14.8. The van der Waals surface area contributed by atoms with Crippen LogP contribution >= 0.6 is 0 Å². The largest absolute Gasteiger partial charge is 0.454 e. The van der Waals surface area contributed by atoms with Gasteiger partial charge in [-0.3, -0.25) is 19.5 Å². The molecule has 1 N–H and O–H groups in total. The highest BCUT2D eigenvalue weighted by Gasteiger charge is 2.22. The Kier molecular flexibility index (Phi) is 4.36. The van der Waals surface area contributed by atoms with Gasteiger partial charge in [0.1, 0.15) is 0 Å². The lowest BCUT2D eigenvalue weighted by molar-refractivity contribution is -0.385. The molecule has 3 aromatic rings. The van der Waals surface area contributed by atoms with Gasteiger partial charge in [0.25, 0.3) is 11.2 Å². The second kappa shape index (κ2) is 6.99. The van der Waals surface area contributed by atoms with E-state index in [-0.39, 0.29) is 29.6 Å². The van der Waals surface area contributed by atoms with E-state index in [1.807, 2.05) is 6.92 Å². The average Bonchev–Trinajstić information content (AvgIpc) is 3.15. The fourth-order valence-electron chi connectivity index (χ4n) is 2.91. The maximum atomic E-state index is 12.6. The Bertz CT molecular complexity index is 1170. The summed E-state index contributed by atoms with van der Waals surface area (Å²) in [5.41, 5.74) is 3.10. The van der Waals surface area contributed by atoms with E-state index < -0.39 is 4.92 Å². The Labute approximate surface area is 158 Å². The molecule has 0 unspecified atom stereocenters. The molecule has 2 heterocycles. The van der Waals surface area contributed by atoms with Gasteiger partial charge in [-0.25, -0.2) is 10.4 Å². The van der Waals surface area contributed by atoms with Gasteiger partial charge in [-0.15, -0.1) is 0 Å². The van der Waals surface area contributed by atoms with Gasteiger partial charge in [0.2, 0.25) is 12.7 Å². The summed E-state index contributed by atoms with van der Waals surface area (Å²) in [5.74, 6) is 0.958. The lowest BCUT2D eigenvalue weighted by atomic mass is 10.1. The number of ether oxygens (including phenoxy) is 2. The Balaban J connectivity index is 1.69. The lowest BCUT2D eigenvalue weighted by Crippen LogP contribution is -2.23. The third-order valence-electron chi connectivity index (χ3n) is 4.26. The molecule has 0 bridgehead atoms. The predicted molar refractivity (Wildman–Crippen MR) is 102 cm³/mol. The number of nitro groups is 1. The normalized spacial score (nSPS) is 12.6.